The van der Waals surface area contributed by atoms with Crippen molar-refractivity contribution in [3.8, 4) is 0 Å². The summed E-state index contributed by atoms with van der Waals surface area (Å²) in [6.07, 6.45) is -2.56. The molecule has 2 aliphatic rings. The van der Waals surface area contributed by atoms with Crippen molar-refractivity contribution in [1.29, 1.82) is 0 Å². The molecule has 0 saturated carbocycles. The second-order valence-corrected chi connectivity index (χ2v) is 5.03. The molecule has 2 heterocycles. The molecule has 2 aliphatic heterocycles. The summed E-state index contributed by atoms with van der Waals surface area (Å²) in [4.78, 5) is 2.17. The van der Waals surface area contributed by atoms with Crippen LogP contribution in [0.1, 0.15) is 6.92 Å². The van der Waals surface area contributed by atoms with E-state index >= 15 is 0 Å². The van der Waals surface area contributed by atoms with Gasteiger partial charge >= 0.3 is 0 Å². The lowest BCUT2D eigenvalue weighted by Crippen LogP contribution is -2.57. The normalized spacial score (nSPS) is 43.0. The Labute approximate surface area is 107 Å². The van der Waals surface area contributed by atoms with E-state index in [1.807, 2.05) is 6.92 Å². The summed E-state index contributed by atoms with van der Waals surface area (Å²) in [7, 11) is 1.55. The molecule has 2 saturated heterocycles. The van der Waals surface area contributed by atoms with E-state index in [9.17, 15) is 10.2 Å². The largest absolute Gasteiger partial charge is 0.390 e. The van der Waals surface area contributed by atoms with Crippen LogP contribution in [0.4, 0.5) is 0 Å². The fraction of sp³-hybridized carbons (Fsp3) is 1.00. The number of aliphatic hydroxyl groups is 2. The Morgan fingerprint density at radius 1 is 1.22 bits per heavy atom. The van der Waals surface area contributed by atoms with Gasteiger partial charge in [-0.1, -0.05) is 6.92 Å². The number of morpholine rings is 1. The van der Waals surface area contributed by atoms with Crippen molar-refractivity contribution in [1.82, 2.24) is 4.90 Å². The zero-order valence-electron chi connectivity index (χ0n) is 11.0. The zero-order valence-corrected chi connectivity index (χ0v) is 11.0. The fourth-order valence-electron chi connectivity index (χ4n) is 2.53. The van der Waals surface area contributed by atoms with Crippen LogP contribution in [0, 0.1) is 5.92 Å². The molecule has 0 radical (unpaired) electrons. The molecule has 0 spiro atoms. The second kappa shape index (κ2) is 6.27. The van der Waals surface area contributed by atoms with Crippen LogP contribution < -0.4 is 0 Å². The van der Waals surface area contributed by atoms with Gasteiger partial charge in [-0.05, 0) is 0 Å². The van der Waals surface area contributed by atoms with Crippen molar-refractivity contribution in [2.24, 2.45) is 5.92 Å². The molecule has 0 aromatic carbocycles. The van der Waals surface area contributed by atoms with Crippen LogP contribution in [0.15, 0.2) is 0 Å². The van der Waals surface area contributed by atoms with Gasteiger partial charge in [-0.15, -0.1) is 0 Å². The average Bonchev–Trinajstić information content (AvgIpc) is 2.40. The molecule has 2 fully saturated rings. The SMILES string of the molecule is COC1OC(CN2CCOCC2)C(O)C(O)[C@@H]1C. The molecule has 0 aromatic rings. The molecule has 0 aromatic heterocycles. The molecule has 106 valence electrons. The minimum Gasteiger partial charge on any atom is -0.390 e. The molecule has 6 heteroatoms. The maximum absolute atomic E-state index is 10.1. The molecular weight excluding hydrogens is 238 g/mol. The first-order valence-electron chi connectivity index (χ1n) is 6.48. The van der Waals surface area contributed by atoms with Crippen molar-refractivity contribution < 1.29 is 24.4 Å². The summed E-state index contributed by atoms with van der Waals surface area (Å²) in [5.74, 6) is -0.231. The summed E-state index contributed by atoms with van der Waals surface area (Å²) >= 11 is 0. The number of hydrogen-bond acceptors (Lipinski definition) is 6. The summed E-state index contributed by atoms with van der Waals surface area (Å²) in [5.41, 5.74) is 0. The Morgan fingerprint density at radius 3 is 2.50 bits per heavy atom. The van der Waals surface area contributed by atoms with Crippen LogP contribution in [-0.4, -0.2) is 79.7 Å². The van der Waals surface area contributed by atoms with Crippen LogP contribution in [0.25, 0.3) is 0 Å². The molecule has 2 rings (SSSR count). The topological polar surface area (TPSA) is 71.4 Å². The maximum atomic E-state index is 10.1. The summed E-state index contributed by atoms with van der Waals surface area (Å²) < 4.78 is 16.2. The highest BCUT2D eigenvalue weighted by Gasteiger charge is 2.42. The van der Waals surface area contributed by atoms with E-state index in [4.69, 9.17) is 14.2 Å². The first-order chi connectivity index (χ1) is 8.63. The predicted molar refractivity (Wildman–Crippen MR) is 64.1 cm³/mol. The standard InChI is InChI=1S/C12H23NO5/c1-8-10(14)11(15)9(18-12(8)16-2)7-13-3-5-17-6-4-13/h8-12,14-15H,3-7H2,1-2H3/t8-,9?,10?,11?,12?/m0/s1. The summed E-state index contributed by atoms with van der Waals surface area (Å²) in [6.45, 7) is 5.47. The van der Waals surface area contributed by atoms with Crippen LogP contribution in [-0.2, 0) is 14.2 Å². The second-order valence-electron chi connectivity index (χ2n) is 5.03. The van der Waals surface area contributed by atoms with Gasteiger partial charge in [0.25, 0.3) is 0 Å². The Bertz CT molecular complexity index is 257. The Morgan fingerprint density at radius 2 is 1.89 bits per heavy atom. The van der Waals surface area contributed by atoms with Crippen LogP contribution in [0.2, 0.25) is 0 Å². The van der Waals surface area contributed by atoms with Gasteiger partial charge < -0.3 is 24.4 Å². The van der Waals surface area contributed by atoms with Crippen molar-refractivity contribution in [2.45, 2.75) is 31.5 Å². The lowest BCUT2D eigenvalue weighted by atomic mass is 9.92. The lowest BCUT2D eigenvalue weighted by Gasteiger charge is -2.42. The van der Waals surface area contributed by atoms with E-state index in [2.05, 4.69) is 4.90 Å². The monoisotopic (exact) mass is 261 g/mol. The highest BCUT2D eigenvalue weighted by atomic mass is 16.7. The van der Waals surface area contributed by atoms with Gasteiger partial charge in [0.05, 0.1) is 19.3 Å². The predicted octanol–water partition coefficient (Wildman–Crippen LogP) is -0.952. The van der Waals surface area contributed by atoms with E-state index in [-0.39, 0.29) is 5.92 Å². The van der Waals surface area contributed by atoms with Gasteiger partial charge in [0.1, 0.15) is 12.2 Å². The smallest absolute Gasteiger partial charge is 0.162 e. The van der Waals surface area contributed by atoms with Crippen molar-refractivity contribution in [3.63, 3.8) is 0 Å². The molecule has 6 nitrogen and oxygen atoms in total. The number of hydrogen-bond donors (Lipinski definition) is 2. The van der Waals surface area contributed by atoms with Gasteiger partial charge in [-0.25, -0.2) is 0 Å². The molecule has 0 bridgehead atoms. The summed E-state index contributed by atoms with van der Waals surface area (Å²) in [6, 6.07) is 0. The van der Waals surface area contributed by atoms with E-state index in [0.717, 1.165) is 13.1 Å². The number of aliphatic hydroxyl groups excluding tert-OH is 2. The van der Waals surface area contributed by atoms with Crippen LogP contribution in [0.3, 0.4) is 0 Å². The first-order valence-corrected chi connectivity index (χ1v) is 6.48. The maximum Gasteiger partial charge on any atom is 0.162 e. The van der Waals surface area contributed by atoms with Crippen molar-refractivity contribution in [2.75, 3.05) is 40.0 Å². The third kappa shape index (κ3) is 3.01. The molecular formula is C12H23NO5. The first kappa shape index (κ1) is 14.2. The minimum absolute atomic E-state index is 0.231. The van der Waals surface area contributed by atoms with Gasteiger partial charge in [0.15, 0.2) is 6.29 Å². The van der Waals surface area contributed by atoms with Crippen molar-refractivity contribution in [3.05, 3.63) is 0 Å². The van der Waals surface area contributed by atoms with Gasteiger partial charge in [0, 0.05) is 32.7 Å². The molecule has 18 heavy (non-hydrogen) atoms. The summed E-state index contributed by atoms with van der Waals surface area (Å²) in [5, 5.41) is 20.1. The fourth-order valence-corrected chi connectivity index (χ4v) is 2.53. The van der Waals surface area contributed by atoms with Crippen LogP contribution >= 0.6 is 0 Å². The molecule has 2 N–H and O–H groups in total. The van der Waals surface area contributed by atoms with E-state index in [1.54, 1.807) is 7.11 Å². The quantitative estimate of drug-likeness (QED) is 0.682. The molecule has 5 atom stereocenters. The Hall–Kier alpha value is -0.240. The zero-order chi connectivity index (χ0) is 13.1. The Balaban J connectivity index is 1.93. The lowest BCUT2D eigenvalue weighted by molar-refractivity contribution is -0.272. The Kier molecular flexibility index (Phi) is 4.94. The van der Waals surface area contributed by atoms with E-state index < -0.39 is 24.6 Å². The van der Waals surface area contributed by atoms with E-state index in [1.165, 1.54) is 0 Å². The molecule has 0 aliphatic carbocycles. The number of ether oxygens (including phenoxy) is 3. The van der Waals surface area contributed by atoms with Crippen LogP contribution in [0.5, 0.6) is 0 Å². The third-order valence-corrected chi connectivity index (χ3v) is 3.78. The van der Waals surface area contributed by atoms with Gasteiger partial charge in [-0.3, -0.25) is 4.90 Å². The minimum atomic E-state index is -0.866. The van der Waals surface area contributed by atoms with Crippen molar-refractivity contribution >= 4 is 0 Å². The highest BCUT2D eigenvalue weighted by Crippen LogP contribution is 2.26. The highest BCUT2D eigenvalue weighted by molar-refractivity contribution is 4.89. The number of rotatable bonds is 3. The molecule has 4 unspecified atom stereocenters. The van der Waals surface area contributed by atoms with Gasteiger partial charge in [0.2, 0.25) is 0 Å². The van der Waals surface area contributed by atoms with E-state index in [0.29, 0.717) is 19.8 Å². The van der Waals surface area contributed by atoms with Gasteiger partial charge in [-0.2, -0.15) is 0 Å². The number of nitrogens with zero attached hydrogens (tertiary/aromatic N) is 1. The third-order valence-electron chi connectivity index (χ3n) is 3.78. The number of methoxy groups -OCH3 is 1. The molecule has 0 amide bonds. The average molecular weight is 261 g/mol.